The molecule has 0 aliphatic carbocycles. The maximum atomic E-state index is 12.2. The fourth-order valence-corrected chi connectivity index (χ4v) is 2.39. The third-order valence-electron chi connectivity index (χ3n) is 3.72. The van der Waals surface area contributed by atoms with E-state index in [1.54, 1.807) is 12.1 Å². The molecule has 3 N–H and O–H groups in total. The molecule has 1 aliphatic heterocycles. The van der Waals surface area contributed by atoms with Crippen molar-refractivity contribution >= 4 is 18.3 Å². The van der Waals surface area contributed by atoms with Crippen LogP contribution in [0.2, 0.25) is 0 Å². The molecule has 3 rings (SSSR count). The summed E-state index contributed by atoms with van der Waals surface area (Å²) in [6.07, 6.45) is 0.875. The number of fused-ring (bicyclic) bond motifs is 1. The standard InChI is InChI=1S/C18H20N2O3.ClH/c19-11-13-2-5-15(6-3-13)18(21)20-12-14-4-7-16-17(10-14)23-9-1-8-22-16;/h2-7,10H,1,8-9,11-12,19H2,(H,20,21);1H. The van der Waals surface area contributed by atoms with Crippen LogP contribution in [-0.4, -0.2) is 19.1 Å². The first-order chi connectivity index (χ1) is 11.3. The minimum absolute atomic E-state index is 0. The summed E-state index contributed by atoms with van der Waals surface area (Å²) in [6, 6.07) is 13.0. The Balaban J connectivity index is 0.00000208. The van der Waals surface area contributed by atoms with E-state index in [0.29, 0.717) is 31.9 Å². The molecular formula is C18H21ClN2O3. The smallest absolute Gasteiger partial charge is 0.251 e. The topological polar surface area (TPSA) is 73.6 Å². The minimum Gasteiger partial charge on any atom is -0.490 e. The molecule has 0 unspecified atom stereocenters. The molecular weight excluding hydrogens is 328 g/mol. The minimum atomic E-state index is -0.110. The molecule has 1 heterocycles. The summed E-state index contributed by atoms with van der Waals surface area (Å²) >= 11 is 0. The molecule has 0 bridgehead atoms. The Kier molecular flexibility index (Phi) is 6.46. The van der Waals surface area contributed by atoms with Crippen molar-refractivity contribution in [1.82, 2.24) is 5.32 Å². The van der Waals surface area contributed by atoms with Crippen molar-refractivity contribution in [2.45, 2.75) is 19.5 Å². The Labute approximate surface area is 147 Å². The second-order valence-electron chi connectivity index (χ2n) is 5.42. The average molecular weight is 349 g/mol. The van der Waals surface area contributed by atoms with Crippen molar-refractivity contribution < 1.29 is 14.3 Å². The van der Waals surface area contributed by atoms with E-state index in [1.807, 2.05) is 30.3 Å². The molecule has 128 valence electrons. The van der Waals surface area contributed by atoms with E-state index in [0.717, 1.165) is 29.0 Å². The van der Waals surface area contributed by atoms with Gasteiger partial charge in [-0.1, -0.05) is 18.2 Å². The van der Waals surface area contributed by atoms with Gasteiger partial charge < -0.3 is 20.5 Å². The van der Waals surface area contributed by atoms with Gasteiger partial charge in [0, 0.05) is 25.1 Å². The largest absolute Gasteiger partial charge is 0.490 e. The molecule has 0 atom stereocenters. The summed E-state index contributed by atoms with van der Waals surface area (Å²) in [7, 11) is 0. The number of rotatable bonds is 4. The number of nitrogens with two attached hydrogens (primary N) is 1. The Hall–Kier alpha value is -2.24. The van der Waals surface area contributed by atoms with E-state index >= 15 is 0 Å². The number of hydrogen-bond donors (Lipinski definition) is 2. The molecule has 0 spiro atoms. The van der Waals surface area contributed by atoms with Gasteiger partial charge in [-0.3, -0.25) is 4.79 Å². The fraction of sp³-hybridized carbons (Fsp3) is 0.278. The van der Waals surface area contributed by atoms with Crippen molar-refractivity contribution in [2.24, 2.45) is 5.73 Å². The SMILES string of the molecule is Cl.NCc1ccc(C(=O)NCc2ccc3c(c2)OCCCO3)cc1. The van der Waals surface area contributed by atoms with Crippen LogP contribution in [0.5, 0.6) is 11.5 Å². The zero-order valence-corrected chi connectivity index (χ0v) is 14.1. The lowest BCUT2D eigenvalue weighted by Gasteiger charge is -2.10. The molecule has 0 saturated carbocycles. The molecule has 6 heteroatoms. The highest BCUT2D eigenvalue weighted by atomic mass is 35.5. The third kappa shape index (κ3) is 4.40. The van der Waals surface area contributed by atoms with Crippen LogP contribution >= 0.6 is 12.4 Å². The Bertz CT molecular complexity index is 689. The number of halogens is 1. The van der Waals surface area contributed by atoms with Crippen molar-refractivity contribution in [2.75, 3.05) is 13.2 Å². The van der Waals surface area contributed by atoms with Gasteiger partial charge in [0.2, 0.25) is 0 Å². The highest BCUT2D eigenvalue weighted by molar-refractivity contribution is 5.94. The fourth-order valence-electron chi connectivity index (χ4n) is 2.39. The van der Waals surface area contributed by atoms with Crippen LogP contribution in [0.3, 0.4) is 0 Å². The molecule has 1 aliphatic rings. The van der Waals surface area contributed by atoms with Gasteiger partial charge >= 0.3 is 0 Å². The van der Waals surface area contributed by atoms with Gasteiger partial charge in [-0.25, -0.2) is 0 Å². The number of carbonyl (C=O) groups is 1. The highest BCUT2D eigenvalue weighted by Crippen LogP contribution is 2.30. The summed E-state index contributed by atoms with van der Waals surface area (Å²) in [5.41, 5.74) is 8.15. The summed E-state index contributed by atoms with van der Waals surface area (Å²) in [4.78, 5) is 12.2. The van der Waals surface area contributed by atoms with Crippen molar-refractivity contribution in [3.63, 3.8) is 0 Å². The average Bonchev–Trinajstić information content (AvgIpc) is 2.84. The molecule has 0 saturated heterocycles. The van der Waals surface area contributed by atoms with Gasteiger partial charge in [0.15, 0.2) is 11.5 Å². The molecule has 1 amide bonds. The number of nitrogens with one attached hydrogen (secondary N) is 1. The lowest BCUT2D eigenvalue weighted by molar-refractivity contribution is 0.0951. The molecule has 2 aromatic carbocycles. The maximum absolute atomic E-state index is 12.2. The number of amides is 1. The molecule has 0 radical (unpaired) electrons. The maximum Gasteiger partial charge on any atom is 0.251 e. The van der Waals surface area contributed by atoms with Gasteiger partial charge in [-0.2, -0.15) is 0 Å². The van der Waals surface area contributed by atoms with Crippen LogP contribution in [-0.2, 0) is 13.1 Å². The van der Waals surface area contributed by atoms with E-state index in [2.05, 4.69) is 5.32 Å². The van der Waals surface area contributed by atoms with Crippen LogP contribution in [0.15, 0.2) is 42.5 Å². The lowest BCUT2D eigenvalue weighted by Crippen LogP contribution is -2.22. The number of hydrogen-bond acceptors (Lipinski definition) is 4. The molecule has 2 aromatic rings. The predicted octanol–water partition coefficient (Wildman–Crippen LogP) is 2.66. The summed E-state index contributed by atoms with van der Waals surface area (Å²) < 4.78 is 11.3. The van der Waals surface area contributed by atoms with Crippen LogP contribution < -0.4 is 20.5 Å². The van der Waals surface area contributed by atoms with Gasteiger partial charge in [0.25, 0.3) is 5.91 Å². The molecule has 5 nitrogen and oxygen atoms in total. The molecule has 0 aromatic heterocycles. The zero-order valence-electron chi connectivity index (χ0n) is 13.3. The van der Waals surface area contributed by atoms with E-state index in [4.69, 9.17) is 15.2 Å². The van der Waals surface area contributed by atoms with Gasteiger partial charge in [0.1, 0.15) is 0 Å². The first-order valence-electron chi connectivity index (χ1n) is 7.72. The third-order valence-corrected chi connectivity index (χ3v) is 3.72. The first kappa shape index (κ1) is 18.1. The predicted molar refractivity (Wildman–Crippen MR) is 94.8 cm³/mol. The van der Waals surface area contributed by atoms with E-state index in [9.17, 15) is 4.79 Å². The van der Waals surface area contributed by atoms with Crippen LogP contribution in [0.25, 0.3) is 0 Å². The Morgan fingerprint density at radius 1 is 1.00 bits per heavy atom. The van der Waals surface area contributed by atoms with E-state index < -0.39 is 0 Å². The van der Waals surface area contributed by atoms with Crippen molar-refractivity contribution in [3.8, 4) is 11.5 Å². The number of carbonyl (C=O) groups excluding carboxylic acids is 1. The van der Waals surface area contributed by atoms with Crippen molar-refractivity contribution in [3.05, 3.63) is 59.2 Å². The Morgan fingerprint density at radius 2 is 1.67 bits per heavy atom. The summed E-state index contributed by atoms with van der Waals surface area (Å²) in [6.45, 7) is 2.23. The second-order valence-corrected chi connectivity index (χ2v) is 5.42. The van der Waals surface area contributed by atoms with E-state index in [-0.39, 0.29) is 18.3 Å². The molecule has 24 heavy (non-hydrogen) atoms. The highest BCUT2D eigenvalue weighted by Gasteiger charge is 2.11. The van der Waals surface area contributed by atoms with Crippen molar-refractivity contribution in [1.29, 1.82) is 0 Å². The molecule has 0 fully saturated rings. The van der Waals surface area contributed by atoms with Gasteiger partial charge in [-0.05, 0) is 35.4 Å². The van der Waals surface area contributed by atoms with Crippen LogP contribution in [0.4, 0.5) is 0 Å². The Morgan fingerprint density at radius 3 is 2.38 bits per heavy atom. The van der Waals surface area contributed by atoms with Gasteiger partial charge in [0.05, 0.1) is 13.2 Å². The second kappa shape index (κ2) is 8.57. The number of benzene rings is 2. The normalized spacial score (nSPS) is 12.7. The van der Waals surface area contributed by atoms with Crippen LogP contribution in [0, 0.1) is 0 Å². The summed E-state index contributed by atoms with van der Waals surface area (Å²) in [5, 5.41) is 2.91. The monoisotopic (exact) mass is 348 g/mol. The van der Waals surface area contributed by atoms with E-state index in [1.165, 1.54) is 0 Å². The van der Waals surface area contributed by atoms with Crippen LogP contribution in [0.1, 0.15) is 27.9 Å². The summed E-state index contributed by atoms with van der Waals surface area (Å²) in [5.74, 6) is 1.39. The zero-order chi connectivity index (χ0) is 16.1. The number of ether oxygens (including phenoxy) is 2. The van der Waals surface area contributed by atoms with Gasteiger partial charge in [-0.15, -0.1) is 12.4 Å². The lowest BCUT2D eigenvalue weighted by atomic mass is 10.1. The first-order valence-corrected chi connectivity index (χ1v) is 7.72. The quantitative estimate of drug-likeness (QED) is 0.890.